The Balaban J connectivity index is 1.38. The minimum Gasteiger partial charge on any atom is -0.482 e. The van der Waals surface area contributed by atoms with Gasteiger partial charge in [0, 0.05) is 57.4 Å². The fourth-order valence-electron chi connectivity index (χ4n) is 5.02. The molecule has 1 aromatic heterocycles. The summed E-state index contributed by atoms with van der Waals surface area (Å²) in [6, 6.07) is 15.6. The Hall–Kier alpha value is -5.02. The summed E-state index contributed by atoms with van der Waals surface area (Å²) in [6.45, 7) is 0.298. The van der Waals surface area contributed by atoms with Gasteiger partial charge in [-0.3, -0.25) is 24.2 Å². The number of benzene rings is 2. The smallest absolute Gasteiger partial charge is 0.270 e. The third kappa shape index (κ3) is 8.37. The van der Waals surface area contributed by atoms with Crippen molar-refractivity contribution < 1.29 is 32.3 Å². The maximum atomic E-state index is 13.8. The highest BCUT2D eigenvalue weighted by Gasteiger charge is 2.28. The van der Waals surface area contributed by atoms with Crippen molar-refractivity contribution in [2.75, 3.05) is 50.0 Å². The van der Waals surface area contributed by atoms with E-state index in [1.54, 1.807) is 12.1 Å². The predicted octanol–water partition coefficient (Wildman–Crippen LogP) is 0.883. The van der Waals surface area contributed by atoms with E-state index in [1.807, 2.05) is 30.3 Å². The second-order valence-corrected chi connectivity index (χ2v) is 12.7. The number of ether oxygens (including phenoxy) is 1. The molecule has 14 nitrogen and oxygen atoms in total. The molecule has 0 aliphatic carbocycles. The molecule has 46 heavy (non-hydrogen) atoms. The predicted molar refractivity (Wildman–Crippen MR) is 169 cm³/mol. The van der Waals surface area contributed by atoms with Crippen molar-refractivity contribution in [2.45, 2.75) is 30.2 Å². The number of pyridine rings is 1. The van der Waals surface area contributed by atoms with Gasteiger partial charge in [-0.05, 0) is 42.3 Å². The van der Waals surface area contributed by atoms with Crippen molar-refractivity contribution in [3.8, 4) is 5.75 Å². The number of amides is 4. The first-order valence-electron chi connectivity index (χ1n) is 14.8. The summed E-state index contributed by atoms with van der Waals surface area (Å²) >= 11 is 0. The van der Waals surface area contributed by atoms with E-state index in [2.05, 4.69) is 31.6 Å². The molecule has 0 saturated heterocycles. The van der Waals surface area contributed by atoms with Crippen molar-refractivity contribution >= 4 is 45.0 Å². The third-order valence-electron chi connectivity index (χ3n) is 7.37. The highest BCUT2D eigenvalue weighted by Crippen LogP contribution is 2.31. The molecular formula is C31H35N7O7S. The van der Waals surface area contributed by atoms with Crippen LogP contribution in [-0.4, -0.2) is 86.7 Å². The van der Waals surface area contributed by atoms with E-state index in [4.69, 9.17) is 4.74 Å². The van der Waals surface area contributed by atoms with E-state index >= 15 is 0 Å². The minimum absolute atomic E-state index is 0.00843. The van der Waals surface area contributed by atoms with Crippen LogP contribution < -0.4 is 31.3 Å². The Morgan fingerprint density at radius 1 is 0.870 bits per heavy atom. The van der Waals surface area contributed by atoms with E-state index in [9.17, 15) is 27.6 Å². The van der Waals surface area contributed by atoms with Crippen LogP contribution in [0.2, 0.25) is 0 Å². The van der Waals surface area contributed by atoms with Gasteiger partial charge in [0.25, 0.3) is 11.8 Å². The fraction of sp³-hybridized carbons (Fsp3) is 0.323. The van der Waals surface area contributed by atoms with Crippen LogP contribution >= 0.6 is 0 Å². The van der Waals surface area contributed by atoms with Crippen molar-refractivity contribution in [3.63, 3.8) is 0 Å². The molecule has 2 aliphatic rings. The van der Waals surface area contributed by atoms with Gasteiger partial charge in [0.1, 0.15) is 17.5 Å². The standard InChI is InChI=1S/C31H35N7O7S/c39-28-7-4-15-38(46(43,44)23-8-9-27-24(19-23)36-29(40)20-45-27)16-14-35-30(41)26(17-21-5-2-1-3-6-21)37-31(42)25-18-22(10-11-33-25)32-12-13-34-28/h1-3,5-6,8-11,18-19,26,32H,4,7,12-17,20H2,(H,34,39)(H,35,41)(H,36,40)(H,37,42)/t26-/m0/s1. The van der Waals surface area contributed by atoms with Gasteiger partial charge in [0.05, 0.1) is 10.6 Å². The molecule has 2 aliphatic heterocycles. The quantitative estimate of drug-likeness (QED) is 0.273. The number of hydrogen-bond donors (Lipinski definition) is 5. The van der Waals surface area contributed by atoms with E-state index in [0.717, 1.165) is 5.56 Å². The highest BCUT2D eigenvalue weighted by molar-refractivity contribution is 7.89. The van der Waals surface area contributed by atoms with Gasteiger partial charge in [-0.2, -0.15) is 4.31 Å². The molecule has 0 radical (unpaired) electrons. The zero-order chi connectivity index (χ0) is 32.5. The highest BCUT2D eigenvalue weighted by atomic mass is 32.2. The lowest BCUT2D eigenvalue weighted by Crippen LogP contribution is -2.50. The van der Waals surface area contributed by atoms with E-state index in [1.165, 1.54) is 28.7 Å². The lowest BCUT2D eigenvalue weighted by molar-refractivity contribution is -0.123. The van der Waals surface area contributed by atoms with Gasteiger partial charge in [-0.15, -0.1) is 0 Å². The Morgan fingerprint density at radius 2 is 1.67 bits per heavy atom. The summed E-state index contributed by atoms with van der Waals surface area (Å²) in [7, 11) is -4.13. The SMILES string of the molecule is O=C1CCCN(S(=O)(=O)c2ccc3c(c2)NC(=O)CO3)CCNC(=O)[C@H](Cc2ccccc2)NC(=O)c2cc(ccn2)NCCN1. The topological polar surface area (TPSA) is 188 Å². The number of anilines is 2. The first-order valence-corrected chi connectivity index (χ1v) is 16.3. The molecule has 2 bridgehead atoms. The van der Waals surface area contributed by atoms with Crippen molar-refractivity contribution in [3.05, 3.63) is 78.1 Å². The van der Waals surface area contributed by atoms with Gasteiger partial charge >= 0.3 is 0 Å². The van der Waals surface area contributed by atoms with Crippen LogP contribution in [-0.2, 0) is 30.8 Å². The summed E-state index contributed by atoms with van der Waals surface area (Å²) in [4.78, 5) is 55.1. The maximum absolute atomic E-state index is 13.8. The number of hydrogen-bond acceptors (Lipinski definition) is 9. The van der Waals surface area contributed by atoms with Crippen LogP contribution in [0.1, 0.15) is 28.9 Å². The van der Waals surface area contributed by atoms with Crippen LogP contribution in [0.3, 0.4) is 0 Å². The second-order valence-electron chi connectivity index (χ2n) is 10.7. The second kappa shape index (κ2) is 14.8. The lowest BCUT2D eigenvalue weighted by Gasteiger charge is -2.25. The number of aromatic nitrogens is 1. The molecule has 0 unspecified atom stereocenters. The molecule has 4 amide bonds. The van der Waals surface area contributed by atoms with Crippen molar-refractivity contribution in [2.24, 2.45) is 0 Å². The summed E-state index contributed by atoms with van der Waals surface area (Å²) in [5, 5.41) is 14.1. The Morgan fingerprint density at radius 3 is 2.50 bits per heavy atom. The third-order valence-corrected chi connectivity index (χ3v) is 9.26. The molecule has 0 spiro atoms. The monoisotopic (exact) mass is 649 g/mol. The number of carbonyl (C=O) groups is 4. The first kappa shape index (κ1) is 32.4. The Bertz CT molecular complexity index is 1700. The largest absolute Gasteiger partial charge is 0.482 e. The Labute approximate surface area is 266 Å². The van der Waals surface area contributed by atoms with Crippen molar-refractivity contribution in [1.82, 2.24) is 25.2 Å². The number of nitrogens with one attached hydrogen (secondary N) is 5. The molecule has 3 heterocycles. The van der Waals surface area contributed by atoms with E-state index in [-0.39, 0.29) is 67.7 Å². The molecule has 15 heteroatoms. The van der Waals surface area contributed by atoms with Gasteiger partial charge < -0.3 is 31.3 Å². The van der Waals surface area contributed by atoms with Gasteiger partial charge in [0.2, 0.25) is 21.8 Å². The molecule has 2 aromatic carbocycles. The minimum atomic E-state index is -4.13. The number of fused-ring (bicyclic) bond motifs is 3. The molecule has 5 rings (SSSR count). The van der Waals surface area contributed by atoms with E-state index < -0.39 is 33.8 Å². The van der Waals surface area contributed by atoms with E-state index in [0.29, 0.717) is 24.5 Å². The zero-order valence-corrected chi connectivity index (χ0v) is 25.8. The summed E-state index contributed by atoms with van der Waals surface area (Å²) < 4.78 is 34.1. The van der Waals surface area contributed by atoms with Crippen LogP contribution in [0, 0.1) is 0 Å². The normalized spacial score (nSPS) is 18.9. The first-order chi connectivity index (χ1) is 22.2. The number of nitrogens with zero attached hydrogens (tertiary/aromatic N) is 2. The molecule has 1 atom stereocenters. The number of carbonyl (C=O) groups excluding carboxylic acids is 4. The molecule has 242 valence electrons. The zero-order valence-electron chi connectivity index (χ0n) is 25.0. The summed E-state index contributed by atoms with van der Waals surface area (Å²) in [5.74, 6) is -1.37. The molecular weight excluding hydrogens is 614 g/mol. The van der Waals surface area contributed by atoms with Crippen LogP contribution in [0.5, 0.6) is 5.75 Å². The molecule has 0 fully saturated rings. The van der Waals surface area contributed by atoms with Crippen molar-refractivity contribution in [1.29, 1.82) is 0 Å². The van der Waals surface area contributed by atoms with Crippen LogP contribution in [0.25, 0.3) is 0 Å². The molecule has 5 N–H and O–H groups in total. The van der Waals surface area contributed by atoms with Gasteiger partial charge in [0.15, 0.2) is 6.61 Å². The fourth-order valence-corrected chi connectivity index (χ4v) is 6.53. The lowest BCUT2D eigenvalue weighted by atomic mass is 10.0. The molecule has 0 saturated carbocycles. The maximum Gasteiger partial charge on any atom is 0.270 e. The van der Waals surface area contributed by atoms with Gasteiger partial charge in [-0.25, -0.2) is 8.42 Å². The average molecular weight is 650 g/mol. The van der Waals surface area contributed by atoms with Crippen LogP contribution in [0.4, 0.5) is 11.4 Å². The average Bonchev–Trinajstić information content (AvgIpc) is 3.05. The summed E-state index contributed by atoms with van der Waals surface area (Å²) in [6.07, 6.45) is 1.96. The molecule has 3 aromatic rings. The number of rotatable bonds is 4. The van der Waals surface area contributed by atoms with Crippen LogP contribution in [0.15, 0.2) is 71.8 Å². The van der Waals surface area contributed by atoms with Gasteiger partial charge in [-0.1, -0.05) is 30.3 Å². The Kier molecular flexibility index (Phi) is 10.4. The summed E-state index contributed by atoms with van der Waals surface area (Å²) in [5.41, 5.74) is 1.76. The number of sulfonamides is 1.